The van der Waals surface area contributed by atoms with E-state index in [1.165, 1.54) is 6.33 Å². The Morgan fingerprint density at radius 3 is 3.00 bits per heavy atom. The second-order valence-electron chi connectivity index (χ2n) is 4.11. The number of rotatable bonds is 6. The van der Waals surface area contributed by atoms with Crippen molar-refractivity contribution >= 4 is 16.9 Å². The fraction of sp³-hybridized carbons (Fsp3) is 0.455. The number of hydrogen-bond donors (Lipinski definition) is 4. The van der Waals surface area contributed by atoms with Gasteiger partial charge in [-0.15, -0.1) is 0 Å². The molecular formula is C11H16N4O4. The first-order valence-electron chi connectivity index (χ1n) is 5.82. The molecule has 0 saturated heterocycles. The smallest absolute Gasteiger partial charge is 0.277 e. The van der Waals surface area contributed by atoms with E-state index in [1.54, 1.807) is 10.6 Å². The Morgan fingerprint density at radius 1 is 1.53 bits per heavy atom. The number of pyridine rings is 1. The molecular weight excluding hydrogens is 252 g/mol. The fourth-order valence-electron chi connectivity index (χ4n) is 1.75. The van der Waals surface area contributed by atoms with Crippen LogP contribution in [0.3, 0.4) is 0 Å². The SMILES string of the molecule is Nc1cc2c(ncn2CO[C@H](CO)CCO)c(=O)[nH]1. The molecule has 104 valence electrons. The number of nitrogens with two attached hydrogens (primary N) is 1. The lowest BCUT2D eigenvalue weighted by atomic mass is 10.3. The summed E-state index contributed by atoms with van der Waals surface area (Å²) in [6.45, 7) is -0.136. The van der Waals surface area contributed by atoms with Gasteiger partial charge in [0.25, 0.3) is 5.56 Å². The summed E-state index contributed by atoms with van der Waals surface area (Å²) in [5.74, 6) is 0.244. The second-order valence-corrected chi connectivity index (χ2v) is 4.11. The minimum atomic E-state index is -0.457. The van der Waals surface area contributed by atoms with Crippen LogP contribution in [0, 0.1) is 0 Å². The van der Waals surface area contributed by atoms with Crippen molar-refractivity contribution in [3.05, 3.63) is 22.7 Å². The number of aromatic amines is 1. The van der Waals surface area contributed by atoms with Crippen molar-refractivity contribution < 1.29 is 14.9 Å². The number of hydrogen-bond acceptors (Lipinski definition) is 6. The molecule has 8 heteroatoms. The van der Waals surface area contributed by atoms with Gasteiger partial charge in [0, 0.05) is 12.7 Å². The van der Waals surface area contributed by atoms with Crippen LogP contribution >= 0.6 is 0 Å². The lowest BCUT2D eigenvalue weighted by Crippen LogP contribution is -2.20. The van der Waals surface area contributed by atoms with Crippen molar-refractivity contribution in [3.8, 4) is 0 Å². The molecule has 2 heterocycles. The molecule has 1 atom stereocenters. The van der Waals surface area contributed by atoms with Gasteiger partial charge < -0.3 is 30.2 Å². The monoisotopic (exact) mass is 268 g/mol. The Hall–Kier alpha value is -1.90. The highest BCUT2D eigenvalue weighted by Crippen LogP contribution is 2.11. The molecule has 0 spiro atoms. The van der Waals surface area contributed by atoms with Gasteiger partial charge in [-0.1, -0.05) is 0 Å². The van der Waals surface area contributed by atoms with Crippen molar-refractivity contribution in [2.24, 2.45) is 0 Å². The van der Waals surface area contributed by atoms with Crippen molar-refractivity contribution in [3.63, 3.8) is 0 Å². The van der Waals surface area contributed by atoms with E-state index < -0.39 is 6.10 Å². The number of aliphatic hydroxyl groups excluding tert-OH is 2. The summed E-state index contributed by atoms with van der Waals surface area (Å²) in [6.07, 6.45) is 1.35. The van der Waals surface area contributed by atoms with Crippen LogP contribution in [-0.2, 0) is 11.5 Å². The van der Waals surface area contributed by atoms with Gasteiger partial charge in [0.1, 0.15) is 12.5 Å². The van der Waals surface area contributed by atoms with E-state index in [0.29, 0.717) is 11.9 Å². The van der Waals surface area contributed by atoms with Crippen molar-refractivity contribution in [2.45, 2.75) is 19.3 Å². The minimum Gasteiger partial charge on any atom is -0.396 e. The number of H-pyrrole nitrogens is 1. The highest BCUT2D eigenvalue weighted by molar-refractivity contribution is 5.76. The second kappa shape index (κ2) is 5.83. The Balaban J connectivity index is 2.19. The average molecular weight is 268 g/mol. The Morgan fingerprint density at radius 2 is 2.32 bits per heavy atom. The van der Waals surface area contributed by atoms with Gasteiger partial charge in [-0.2, -0.15) is 0 Å². The van der Waals surface area contributed by atoms with E-state index in [-0.39, 0.29) is 36.8 Å². The highest BCUT2D eigenvalue weighted by Gasteiger charge is 2.10. The van der Waals surface area contributed by atoms with E-state index in [1.807, 2.05) is 0 Å². The van der Waals surface area contributed by atoms with Crippen LogP contribution in [0.4, 0.5) is 5.82 Å². The molecule has 8 nitrogen and oxygen atoms in total. The predicted octanol–water partition coefficient (Wildman–Crippen LogP) is -0.976. The number of nitrogens with zero attached hydrogens (tertiary/aromatic N) is 2. The molecule has 2 aromatic rings. The summed E-state index contributed by atoms with van der Waals surface area (Å²) < 4.78 is 7.04. The first kappa shape index (κ1) is 13.5. The van der Waals surface area contributed by atoms with E-state index in [2.05, 4.69) is 9.97 Å². The zero-order valence-electron chi connectivity index (χ0n) is 10.2. The molecule has 0 saturated carbocycles. The van der Waals surface area contributed by atoms with Crippen LogP contribution in [0.15, 0.2) is 17.2 Å². The standard InChI is InChI=1S/C11H16N4O4/c12-9-3-8-10(11(18)14-9)13-5-15(8)6-19-7(4-17)1-2-16/h3,5,7,16-17H,1-2,4,6H2,(H3,12,14,18)/t7-/m0/s1. The Kier molecular flexibility index (Phi) is 4.15. The number of aliphatic hydroxyl groups is 2. The van der Waals surface area contributed by atoms with Gasteiger partial charge in [0.2, 0.25) is 0 Å². The fourth-order valence-corrected chi connectivity index (χ4v) is 1.75. The molecule has 0 radical (unpaired) electrons. The van der Waals surface area contributed by atoms with Crippen molar-refractivity contribution in [1.29, 1.82) is 0 Å². The summed E-state index contributed by atoms with van der Waals surface area (Å²) >= 11 is 0. The molecule has 0 bridgehead atoms. The molecule has 0 aliphatic rings. The van der Waals surface area contributed by atoms with E-state index in [9.17, 15) is 4.79 Å². The third-order valence-corrected chi connectivity index (χ3v) is 2.75. The molecule has 2 rings (SSSR count). The van der Waals surface area contributed by atoms with Gasteiger partial charge in [0.15, 0.2) is 5.52 Å². The Labute approximate surface area is 108 Å². The third kappa shape index (κ3) is 2.92. The van der Waals surface area contributed by atoms with Crippen LogP contribution in [-0.4, -0.2) is 44.1 Å². The van der Waals surface area contributed by atoms with E-state index in [4.69, 9.17) is 20.7 Å². The number of fused-ring (bicyclic) bond motifs is 1. The number of nitrogens with one attached hydrogen (secondary N) is 1. The van der Waals surface area contributed by atoms with Gasteiger partial charge in [-0.05, 0) is 6.42 Å². The summed E-state index contributed by atoms with van der Waals surface area (Å²) in [4.78, 5) is 18.0. The average Bonchev–Trinajstić information content (AvgIpc) is 2.78. The first-order chi connectivity index (χ1) is 9.15. The minimum absolute atomic E-state index is 0.0669. The summed E-state index contributed by atoms with van der Waals surface area (Å²) in [5, 5.41) is 17.8. The summed E-state index contributed by atoms with van der Waals surface area (Å²) in [5.41, 5.74) is 6.05. The topological polar surface area (TPSA) is 126 Å². The molecule has 19 heavy (non-hydrogen) atoms. The molecule has 2 aromatic heterocycles. The highest BCUT2D eigenvalue weighted by atomic mass is 16.5. The van der Waals surface area contributed by atoms with Crippen molar-refractivity contribution in [2.75, 3.05) is 18.9 Å². The maximum Gasteiger partial charge on any atom is 0.277 e. The van der Waals surface area contributed by atoms with E-state index in [0.717, 1.165) is 0 Å². The molecule has 0 aliphatic heterocycles. The van der Waals surface area contributed by atoms with Crippen LogP contribution in [0.2, 0.25) is 0 Å². The first-order valence-corrected chi connectivity index (χ1v) is 5.82. The predicted molar refractivity (Wildman–Crippen MR) is 68.4 cm³/mol. The van der Waals surface area contributed by atoms with Gasteiger partial charge in [-0.3, -0.25) is 4.79 Å². The molecule has 0 unspecified atom stereocenters. The summed E-state index contributed by atoms with van der Waals surface area (Å²) in [7, 11) is 0. The number of anilines is 1. The van der Waals surface area contributed by atoms with Gasteiger partial charge in [-0.25, -0.2) is 4.98 Å². The number of ether oxygens (including phenoxy) is 1. The molecule has 5 N–H and O–H groups in total. The molecule has 0 fully saturated rings. The van der Waals surface area contributed by atoms with Gasteiger partial charge in [0.05, 0.1) is 24.6 Å². The quantitative estimate of drug-likeness (QED) is 0.533. The van der Waals surface area contributed by atoms with Crippen LogP contribution < -0.4 is 11.3 Å². The van der Waals surface area contributed by atoms with Gasteiger partial charge >= 0.3 is 0 Å². The zero-order chi connectivity index (χ0) is 13.8. The van der Waals surface area contributed by atoms with Crippen LogP contribution in [0.5, 0.6) is 0 Å². The van der Waals surface area contributed by atoms with Crippen LogP contribution in [0.25, 0.3) is 11.0 Å². The zero-order valence-corrected chi connectivity index (χ0v) is 10.2. The number of nitrogen functional groups attached to an aromatic ring is 1. The van der Waals surface area contributed by atoms with Crippen molar-refractivity contribution in [1.82, 2.24) is 14.5 Å². The molecule has 0 amide bonds. The largest absolute Gasteiger partial charge is 0.396 e. The number of imidazole rings is 1. The Bertz CT molecular complexity index is 606. The molecule has 0 aromatic carbocycles. The molecule has 0 aliphatic carbocycles. The maximum atomic E-state index is 11.6. The summed E-state index contributed by atoms with van der Waals surface area (Å²) in [6, 6.07) is 1.59. The lowest BCUT2D eigenvalue weighted by molar-refractivity contribution is -0.0330. The van der Waals surface area contributed by atoms with E-state index >= 15 is 0 Å². The number of aromatic nitrogens is 3. The third-order valence-electron chi connectivity index (χ3n) is 2.75. The lowest BCUT2D eigenvalue weighted by Gasteiger charge is -2.14. The maximum absolute atomic E-state index is 11.6. The normalized spacial score (nSPS) is 12.9. The van der Waals surface area contributed by atoms with Crippen LogP contribution in [0.1, 0.15) is 6.42 Å².